The molecule has 0 bridgehead atoms. The minimum atomic E-state index is -0.787. The summed E-state index contributed by atoms with van der Waals surface area (Å²) in [7, 11) is 3.00. The number of hydrogen-bond acceptors (Lipinski definition) is 5. The van der Waals surface area contributed by atoms with E-state index < -0.39 is 17.8 Å². The van der Waals surface area contributed by atoms with E-state index in [1.807, 2.05) is 0 Å². The maximum absolute atomic E-state index is 13.0. The van der Waals surface area contributed by atoms with Crippen LogP contribution >= 0.6 is 15.9 Å². The number of methoxy groups -OCH3 is 2. The second kappa shape index (κ2) is 7.85. The summed E-state index contributed by atoms with van der Waals surface area (Å²) in [4.78, 5) is 38.6. The van der Waals surface area contributed by atoms with E-state index in [1.165, 1.54) is 20.3 Å². The molecule has 2 aromatic rings. The Hall–Kier alpha value is -3.13. The highest BCUT2D eigenvalue weighted by molar-refractivity contribution is 9.10. The normalized spacial score (nSPS) is 15.6. The lowest BCUT2D eigenvalue weighted by molar-refractivity contribution is -0.122. The van der Waals surface area contributed by atoms with E-state index in [-0.39, 0.29) is 5.57 Å². The predicted molar refractivity (Wildman–Crippen MR) is 107 cm³/mol. The third-order valence-corrected chi connectivity index (χ3v) is 4.71. The Kier molecular flexibility index (Phi) is 5.51. The molecule has 0 radical (unpaired) electrons. The van der Waals surface area contributed by atoms with Crippen molar-refractivity contribution in [3.63, 3.8) is 0 Å². The Balaban J connectivity index is 2.04. The molecule has 0 aromatic heterocycles. The molecule has 0 atom stereocenters. The van der Waals surface area contributed by atoms with Gasteiger partial charge in [-0.25, -0.2) is 9.69 Å². The molecule has 1 aliphatic rings. The maximum Gasteiger partial charge on any atom is 0.335 e. The second-order valence-corrected chi connectivity index (χ2v) is 6.92. The highest BCUT2D eigenvalue weighted by Crippen LogP contribution is 2.30. The number of nitrogens with zero attached hydrogens (tertiary/aromatic N) is 1. The lowest BCUT2D eigenvalue weighted by atomic mass is 10.1. The Morgan fingerprint density at radius 2 is 1.71 bits per heavy atom. The molecule has 144 valence electrons. The number of imide groups is 2. The van der Waals surface area contributed by atoms with Gasteiger partial charge >= 0.3 is 6.03 Å². The van der Waals surface area contributed by atoms with Crippen LogP contribution < -0.4 is 19.7 Å². The lowest BCUT2D eigenvalue weighted by Gasteiger charge is -2.27. The van der Waals surface area contributed by atoms with Crippen LogP contribution in [-0.2, 0) is 9.59 Å². The molecule has 0 saturated carbocycles. The number of urea groups is 1. The van der Waals surface area contributed by atoms with Crippen LogP contribution in [0, 0.1) is 6.92 Å². The first-order valence-electron chi connectivity index (χ1n) is 8.25. The predicted octanol–water partition coefficient (Wildman–Crippen LogP) is 3.44. The Bertz CT molecular complexity index is 1020. The van der Waals surface area contributed by atoms with Gasteiger partial charge in [0.25, 0.3) is 11.8 Å². The third kappa shape index (κ3) is 3.63. The molecule has 0 aliphatic carbocycles. The number of anilines is 1. The van der Waals surface area contributed by atoms with Crippen LogP contribution in [0.15, 0.2) is 46.4 Å². The van der Waals surface area contributed by atoms with Crippen LogP contribution in [0.4, 0.5) is 10.5 Å². The fourth-order valence-corrected chi connectivity index (χ4v) is 3.33. The van der Waals surface area contributed by atoms with E-state index in [2.05, 4.69) is 21.2 Å². The van der Waals surface area contributed by atoms with Gasteiger partial charge in [0.15, 0.2) is 11.5 Å². The van der Waals surface area contributed by atoms with Crippen LogP contribution in [-0.4, -0.2) is 32.1 Å². The zero-order valence-corrected chi connectivity index (χ0v) is 17.0. The minimum Gasteiger partial charge on any atom is -0.493 e. The number of ether oxygens (including phenoxy) is 2. The molecule has 1 aliphatic heterocycles. The van der Waals surface area contributed by atoms with Gasteiger partial charge in [-0.1, -0.05) is 22.0 Å². The Labute approximate surface area is 170 Å². The molecule has 3 rings (SSSR count). The minimum absolute atomic E-state index is 0.158. The fourth-order valence-electron chi connectivity index (χ4n) is 2.86. The first-order valence-corrected chi connectivity index (χ1v) is 9.04. The van der Waals surface area contributed by atoms with Crippen molar-refractivity contribution in [2.75, 3.05) is 19.1 Å². The largest absolute Gasteiger partial charge is 0.493 e. The highest BCUT2D eigenvalue weighted by atomic mass is 79.9. The molecule has 2 aromatic carbocycles. The number of benzene rings is 2. The van der Waals surface area contributed by atoms with Crippen molar-refractivity contribution < 1.29 is 23.9 Å². The second-order valence-electron chi connectivity index (χ2n) is 6.00. The van der Waals surface area contributed by atoms with Crippen molar-refractivity contribution in [3.05, 3.63) is 57.6 Å². The van der Waals surface area contributed by atoms with Gasteiger partial charge in [-0.05, 0) is 54.5 Å². The highest BCUT2D eigenvalue weighted by Gasteiger charge is 2.37. The van der Waals surface area contributed by atoms with Gasteiger partial charge in [0.05, 0.1) is 19.9 Å². The van der Waals surface area contributed by atoms with Crippen molar-refractivity contribution in [2.24, 2.45) is 0 Å². The number of nitrogens with one attached hydrogen (secondary N) is 1. The van der Waals surface area contributed by atoms with E-state index >= 15 is 0 Å². The summed E-state index contributed by atoms with van der Waals surface area (Å²) in [5.74, 6) is -0.478. The zero-order valence-electron chi connectivity index (χ0n) is 15.4. The number of carbonyl (C=O) groups is 3. The Morgan fingerprint density at radius 1 is 1.00 bits per heavy atom. The van der Waals surface area contributed by atoms with E-state index in [9.17, 15) is 14.4 Å². The van der Waals surface area contributed by atoms with Crippen molar-refractivity contribution in [1.29, 1.82) is 0 Å². The molecule has 0 spiro atoms. The van der Waals surface area contributed by atoms with Gasteiger partial charge in [-0.2, -0.15) is 0 Å². The summed E-state index contributed by atoms with van der Waals surface area (Å²) in [6.45, 7) is 1.77. The average Bonchev–Trinajstić information content (AvgIpc) is 2.66. The van der Waals surface area contributed by atoms with Crippen molar-refractivity contribution in [3.8, 4) is 11.5 Å². The molecule has 1 heterocycles. The van der Waals surface area contributed by atoms with Gasteiger partial charge < -0.3 is 9.47 Å². The standard InChI is InChI=1S/C20H17BrN2O5/c1-11-8-13(21)5-6-15(11)23-19(25)14(18(24)22-20(23)26)9-12-4-7-16(27-2)17(10-12)28-3/h4-10H,1-3H3,(H,22,24,26)/b14-9-. The molecule has 1 saturated heterocycles. The molecule has 8 heteroatoms. The average molecular weight is 445 g/mol. The smallest absolute Gasteiger partial charge is 0.335 e. The summed E-state index contributed by atoms with van der Waals surface area (Å²) in [5.41, 5.74) is 1.50. The van der Waals surface area contributed by atoms with Gasteiger partial charge in [-0.3, -0.25) is 14.9 Å². The summed E-state index contributed by atoms with van der Waals surface area (Å²) >= 11 is 3.35. The van der Waals surface area contributed by atoms with Crippen LogP contribution in [0.2, 0.25) is 0 Å². The van der Waals surface area contributed by atoms with E-state index in [0.29, 0.717) is 28.3 Å². The SMILES string of the molecule is COc1ccc(/C=C2/C(=O)NC(=O)N(c3ccc(Br)cc3C)C2=O)cc1OC. The summed E-state index contributed by atoms with van der Waals surface area (Å²) in [6.07, 6.45) is 1.41. The number of rotatable bonds is 4. The van der Waals surface area contributed by atoms with Gasteiger partial charge in [0.1, 0.15) is 5.57 Å². The topological polar surface area (TPSA) is 84.9 Å². The third-order valence-electron chi connectivity index (χ3n) is 4.22. The van der Waals surface area contributed by atoms with Crippen LogP contribution in [0.5, 0.6) is 11.5 Å². The number of hydrogen-bond donors (Lipinski definition) is 1. The van der Waals surface area contributed by atoms with E-state index in [1.54, 1.807) is 43.3 Å². The van der Waals surface area contributed by atoms with E-state index in [4.69, 9.17) is 9.47 Å². The van der Waals surface area contributed by atoms with Crippen molar-refractivity contribution >= 4 is 45.5 Å². The molecular formula is C20H17BrN2O5. The Morgan fingerprint density at radius 3 is 2.36 bits per heavy atom. The summed E-state index contributed by atoms with van der Waals surface area (Å²) < 4.78 is 11.2. The molecule has 0 unspecified atom stereocenters. The number of carbonyl (C=O) groups excluding carboxylic acids is 3. The van der Waals surface area contributed by atoms with Crippen molar-refractivity contribution in [2.45, 2.75) is 6.92 Å². The monoisotopic (exact) mass is 444 g/mol. The number of halogens is 1. The van der Waals surface area contributed by atoms with Crippen LogP contribution in [0.3, 0.4) is 0 Å². The molecule has 1 N–H and O–H groups in total. The van der Waals surface area contributed by atoms with E-state index in [0.717, 1.165) is 9.37 Å². The molecule has 7 nitrogen and oxygen atoms in total. The number of aryl methyl sites for hydroxylation is 1. The first-order chi connectivity index (χ1) is 13.3. The van der Waals surface area contributed by atoms with Gasteiger partial charge in [-0.15, -0.1) is 0 Å². The number of barbiturate groups is 1. The maximum atomic E-state index is 13.0. The fraction of sp³-hybridized carbons (Fsp3) is 0.150. The molecule has 4 amide bonds. The van der Waals surface area contributed by atoms with Gasteiger partial charge in [0, 0.05) is 4.47 Å². The van der Waals surface area contributed by atoms with Crippen molar-refractivity contribution in [1.82, 2.24) is 5.32 Å². The zero-order chi connectivity index (χ0) is 20.4. The first kappa shape index (κ1) is 19.6. The number of amides is 4. The summed E-state index contributed by atoms with van der Waals surface area (Å²) in [5, 5.41) is 2.21. The summed E-state index contributed by atoms with van der Waals surface area (Å²) in [6, 6.07) is 9.34. The molecule has 28 heavy (non-hydrogen) atoms. The van der Waals surface area contributed by atoms with Gasteiger partial charge in [0.2, 0.25) is 0 Å². The van der Waals surface area contributed by atoms with Crippen LogP contribution in [0.25, 0.3) is 6.08 Å². The lowest BCUT2D eigenvalue weighted by Crippen LogP contribution is -2.54. The van der Waals surface area contributed by atoms with Crippen LogP contribution in [0.1, 0.15) is 11.1 Å². The molecule has 1 fully saturated rings. The quantitative estimate of drug-likeness (QED) is 0.576. The molecular weight excluding hydrogens is 428 g/mol.